The van der Waals surface area contributed by atoms with E-state index in [9.17, 15) is 19.7 Å². The monoisotopic (exact) mass is 365 g/mol. The van der Waals surface area contributed by atoms with Crippen molar-refractivity contribution in [3.63, 3.8) is 0 Å². The number of rotatable bonds is 6. The van der Waals surface area contributed by atoms with Gasteiger partial charge in [-0.3, -0.25) is 10.1 Å². The zero-order chi connectivity index (χ0) is 18.4. The Labute approximate surface area is 146 Å². The van der Waals surface area contributed by atoms with Gasteiger partial charge in [-0.2, -0.15) is 0 Å². The lowest BCUT2D eigenvalue weighted by Gasteiger charge is -2.02. The Bertz CT molecular complexity index is 841. The van der Waals surface area contributed by atoms with Gasteiger partial charge in [0.25, 0.3) is 5.69 Å². The van der Waals surface area contributed by atoms with Crippen LogP contribution in [0.2, 0.25) is 5.02 Å². The van der Waals surface area contributed by atoms with E-state index in [1.54, 1.807) is 0 Å². The molecule has 0 spiro atoms. The molecule has 0 saturated heterocycles. The highest BCUT2D eigenvalue weighted by molar-refractivity contribution is 6.32. The SMILES string of the molecule is COC(=O)c1ccoc1COC(=O)/C=C/c1ccc(Cl)c([N+](=O)[O-])c1. The predicted octanol–water partition coefficient (Wildman–Crippen LogP) is 3.38. The summed E-state index contributed by atoms with van der Waals surface area (Å²) in [6.45, 7) is -0.263. The van der Waals surface area contributed by atoms with Crippen LogP contribution in [0.1, 0.15) is 21.7 Å². The van der Waals surface area contributed by atoms with E-state index in [4.69, 9.17) is 20.8 Å². The summed E-state index contributed by atoms with van der Waals surface area (Å²) in [6, 6.07) is 5.50. The number of hydrogen-bond donors (Lipinski definition) is 0. The number of nitro groups is 1. The molecule has 2 rings (SSSR count). The Balaban J connectivity index is 2.00. The molecule has 0 aliphatic carbocycles. The Hall–Kier alpha value is -3.13. The first-order valence-corrected chi connectivity index (χ1v) is 7.23. The van der Waals surface area contributed by atoms with Gasteiger partial charge < -0.3 is 13.9 Å². The van der Waals surface area contributed by atoms with Crippen molar-refractivity contribution in [2.45, 2.75) is 6.61 Å². The minimum atomic E-state index is -0.718. The maximum absolute atomic E-state index is 11.7. The Morgan fingerprint density at radius 3 is 2.80 bits per heavy atom. The maximum Gasteiger partial charge on any atom is 0.341 e. The standard InChI is InChI=1S/C16H12ClNO7/c1-23-16(20)11-6-7-24-14(11)9-25-15(19)5-3-10-2-4-12(17)13(8-10)18(21)22/h2-8H,9H2,1H3/b5-3+. The van der Waals surface area contributed by atoms with Crippen LogP contribution in [0.4, 0.5) is 5.69 Å². The second kappa shape index (κ2) is 8.11. The lowest BCUT2D eigenvalue weighted by Crippen LogP contribution is -2.06. The van der Waals surface area contributed by atoms with Crippen LogP contribution in [0.3, 0.4) is 0 Å². The molecule has 1 heterocycles. The van der Waals surface area contributed by atoms with Crippen LogP contribution >= 0.6 is 11.6 Å². The summed E-state index contributed by atoms with van der Waals surface area (Å²) in [7, 11) is 1.22. The lowest BCUT2D eigenvalue weighted by molar-refractivity contribution is -0.384. The van der Waals surface area contributed by atoms with Crippen molar-refractivity contribution in [1.29, 1.82) is 0 Å². The van der Waals surface area contributed by atoms with Crippen LogP contribution in [0, 0.1) is 10.1 Å². The van der Waals surface area contributed by atoms with Gasteiger partial charge >= 0.3 is 11.9 Å². The number of methoxy groups -OCH3 is 1. The molecule has 1 aromatic heterocycles. The zero-order valence-corrected chi connectivity index (χ0v) is 13.7. The molecule has 130 valence electrons. The number of furan rings is 1. The number of nitro benzene ring substituents is 1. The van der Waals surface area contributed by atoms with Crippen LogP contribution in [0.15, 0.2) is 41.0 Å². The number of halogens is 1. The molecule has 0 bridgehead atoms. The van der Waals surface area contributed by atoms with Crippen LogP contribution < -0.4 is 0 Å². The van der Waals surface area contributed by atoms with E-state index in [1.807, 2.05) is 0 Å². The molecule has 0 amide bonds. The van der Waals surface area contributed by atoms with Gasteiger partial charge in [-0.05, 0) is 23.8 Å². The summed E-state index contributed by atoms with van der Waals surface area (Å²) in [6.07, 6.45) is 3.71. The molecule has 8 nitrogen and oxygen atoms in total. The smallest absolute Gasteiger partial charge is 0.341 e. The summed E-state index contributed by atoms with van der Waals surface area (Å²) in [5.41, 5.74) is 0.296. The van der Waals surface area contributed by atoms with Gasteiger partial charge in [-0.25, -0.2) is 9.59 Å². The van der Waals surface area contributed by atoms with Crippen LogP contribution in [0.5, 0.6) is 0 Å². The third-order valence-corrected chi connectivity index (χ3v) is 3.39. The second-order valence-corrected chi connectivity index (χ2v) is 5.07. The van der Waals surface area contributed by atoms with Gasteiger partial charge in [0.05, 0.1) is 18.3 Å². The van der Waals surface area contributed by atoms with Crippen molar-refractivity contribution in [1.82, 2.24) is 0 Å². The number of nitrogens with zero attached hydrogens (tertiary/aromatic N) is 1. The van der Waals surface area contributed by atoms with Crippen LogP contribution in [0.25, 0.3) is 6.08 Å². The van der Waals surface area contributed by atoms with E-state index >= 15 is 0 Å². The molecule has 0 N–H and O–H groups in total. The predicted molar refractivity (Wildman–Crippen MR) is 87.0 cm³/mol. The summed E-state index contributed by atoms with van der Waals surface area (Å²) in [4.78, 5) is 33.4. The average molecular weight is 366 g/mol. The number of carbonyl (C=O) groups is 2. The molecule has 2 aromatic rings. The minimum Gasteiger partial charge on any atom is -0.465 e. The third-order valence-electron chi connectivity index (χ3n) is 3.07. The van der Waals surface area contributed by atoms with Crippen molar-refractivity contribution in [3.05, 3.63) is 68.6 Å². The van der Waals surface area contributed by atoms with Gasteiger partial charge in [0.15, 0.2) is 12.4 Å². The highest BCUT2D eigenvalue weighted by Crippen LogP contribution is 2.25. The zero-order valence-electron chi connectivity index (χ0n) is 12.9. The molecule has 0 aliphatic rings. The summed E-state index contributed by atoms with van der Waals surface area (Å²) < 4.78 is 14.6. The molecule has 0 radical (unpaired) electrons. The van der Waals surface area contributed by atoms with Gasteiger partial charge in [0.1, 0.15) is 10.6 Å². The molecular weight excluding hydrogens is 354 g/mol. The number of benzene rings is 1. The van der Waals surface area contributed by atoms with Crippen molar-refractivity contribution >= 4 is 35.3 Å². The summed E-state index contributed by atoms with van der Waals surface area (Å²) in [5, 5.41) is 10.8. The van der Waals surface area contributed by atoms with E-state index in [1.165, 1.54) is 43.7 Å². The van der Waals surface area contributed by atoms with Crippen LogP contribution in [-0.4, -0.2) is 24.0 Å². The minimum absolute atomic E-state index is 0.00196. The molecule has 0 saturated carbocycles. The van der Waals surface area contributed by atoms with Crippen molar-refractivity contribution < 1.29 is 28.4 Å². The second-order valence-electron chi connectivity index (χ2n) is 4.66. The van der Waals surface area contributed by atoms with E-state index in [0.29, 0.717) is 5.56 Å². The number of esters is 2. The number of hydrogen-bond acceptors (Lipinski definition) is 7. The van der Waals surface area contributed by atoms with Crippen LogP contribution in [-0.2, 0) is 20.9 Å². The Morgan fingerprint density at radius 1 is 1.36 bits per heavy atom. The van der Waals surface area contributed by atoms with Gasteiger partial charge in [-0.1, -0.05) is 17.7 Å². The number of carbonyl (C=O) groups excluding carboxylic acids is 2. The average Bonchev–Trinajstić information content (AvgIpc) is 3.06. The normalized spacial score (nSPS) is 10.6. The van der Waals surface area contributed by atoms with Gasteiger partial charge in [0, 0.05) is 12.1 Å². The highest BCUT2D eigenvalue weighted by Gasteiger charge is 2.16. The molecule has 0 fully saturated rings. The first-order chi connectivity index (χ1) is 11.9. The first kappa shape index (κ1) is 18.2. The molecule has 0 unspecified atom stereocenters. The van der Waals surface area contributed by atoms with Gasteiger partial charge in [0.2, 0.25) is 0 Å². The molecular formula is C16H12ClNO7. The van der Waals surface area contributed by atoms with E-state index < -0.39 is 16.9 Å². The Morgan fingerprint density at radius 2 is 2.12 bits per heavy atom. The third kappa shape index (κ3) is 4.67. The van der Waals surface area contributed by atoms with Gasteiger partial charge in [-0.15, -0.1) is 0 Å². The van der Waals surface area contributed by atoms with Crippen molar-refractivity contribution in [2.24, 2.45) is 0 Å². The maximum atomic E-state index is 11.7. The van der Waals surface area contributed by atoms with Crippen molar-refractivity contribution in [3.8, 4) is 0 Å². The lowest BCUT2D eigenvalue weighted by atomic mass is 10.2. The number of ether oxygens (including phenoxy) is 2. The topological polar surface area (TPSA) is 109 Å². The fourth-order valence-electron chi connectivity index (χ4n) is 1.87. The molecule has 1 aromatic carbocycles. The molecule has 25 heavy (non-hydrogen) atoms. The largest absolute Gasteiger partial charge is 0.465 e. The molecule has 9 heteroatoms. The first-order valence-electron chi connectivity index (χ1n) is 6.86. The fourth-order valence-corrected chi connectivity index (χ4v) is 2.05. The Kier molecular flexibility index (Phi) is 5.91. The highest BCUT2D eigenvalue weighted by atomic mass is 35.5. The summed E-state index contributed by atoms with van der Waals surface area (Å²) >= 11 is 5.71. The fraction of sp³-hybridized carbons (Fsp3) is 0.125. The van der Waals surface area contributed by atoms with Crippen molar-refractivity contribution in [2.75, 3.05) is 7.11 Å². The summed E-state index contributed by atoms with van der Waals surface area (Å²) in [5.74, 6) is -1.18. The van der Waals surface area contributed by atoms with E-state index in [2.05, 4.69) is 4.74 Å². The van der Waals surface area contributed by atoms with E-state index in [-0.39, 0.29) is 28.6 Å². The molecule has 0 aliphatic heterocycles. The van der Waals surface area contributed by atoms with E-state index in [0.717, 1.165) is 6.08 Å². The molecule has 0 atom stereocenters. The quantitative estimate of drug-likeness (QED) is 0.334.